The van der Waals surface area contributed by atoms with Gasteiger partial charge in [0.15, 0.2) is 0 Å². The Morgan fingerprint density at radius 3 is 2.22 bits per heavy atom. The van der Waals surface area contributed by atoms with Crippen molar-refractivity contribution in [2.75, 3.05) is 14.2 Å². The Hall–Kier alpha value is -2.34. The normalized spacial score (nSPS) is 28.9. The zero-order valence-electron chi connectivity index (χ0n) is 22.5. The topological polar surface area (TPSA) is 100 Å². The molecule has 1 amide bonds. The summed E-state index contributed by atoms with van der Waals surface area (Å²) in [5.41, 5.74) is -0.120. The van der Waals surface area contributed by atoms with Crippen molar-refractivity contribution < 1.29 is 33.3 Å². The van der Waals surface area contributed by atoms with Gasteiger partial charge in [-0.25, -0.2) is 0 Å². The highest BCUT2D eigenvalue weighted by Gasteiger charge is 2.52. The zero-order valence-corrected chi connectivity index (χ0v) is 23.7. The van der Waals surface area contributed by atoms with Crippen LogP contribution in [0, 0.1) is 23.7 Å². The van der Waals surface area contributed by atoms with Gasteiger partial charge in [0.1, 0.15) is 17.1 Å². The smallest absolute Gasteiger partial charge is 0.311 e. The van der Waals surface area contributed by atoms with Crippen molar-refractivity contribution >= 4 is 32.4 Å². The number of carbonyl (C=O) groups is 3. The van der Waals surface area contributed by atoms with Gasteiger partial charge in [-0.1, -0.05) is 0 Å². The molecule has 0 spiro atoms. The van der Waals surface area contributed by atoms with Gasteiger partial charge in [0, 0.05) is 11.3 Å². The van der Waals surface area contributed by atoms with E-state index in [9.17, 15) is 14.4 Å². The summed E-state index contributed by atoms with van der Waals surface area (Å²) in [6.45, 7) is 5.64. The first-order valence-corrected chi connectivity index (χ1v) is 13.8. The van der Waals surface area contributed by atoms with E-state index in [0.29, 0.717) is 29.9 Å². The molecule has 5 atom stereocenters. The summed E-state index contributed by atoms with van der Waals surface area (Å²) in [6.07, 6.45) is 5.74. The van der Waals surface area contributed by atoms with E-state index in [0.717, 1.165) is 37.4 Å². The predicted molar refractivity (Wildman–Crippen MR) is 142 cm³/mol. The number of hydrogen-bond acceptors (Lipinski definition) is 7. The molecule has 0 aromatic heterocycles. The lowest BCUT2D eigenvalue weighted by atomic mass is 9.84. The van der Waals surface area contributed by atoms with Crippen molar-refractivity contribution in [1.29, 1.82) is 0 Å². The third kappa shape index (κ3) is 6.22. The maximum Gasteiger partial charge on any atom is 0.311 e. The minimum Gasteiger partial charge on any atom is -0.496 e. The van der Waals surface area contributed by atoms with E-state index in [1.165, 1.54) is 14.2 Å². The zero-order chi connectivity index (χ0) is 26.9. The van der Waals surface area contributed by atoms with Crippen LogP contribution in [0.1, 0.15) is 76.1 Å². The molecule has 1 aromatic carbocycles. The number of benzene rings is 1. The van der Waals surface area contributed by atoms with E-state index in [4.69, 9.17) is 18.9 Å². The van der Waals surface area contributed by atoms with Crippen molar-refractivity contribution in [3.8, 4) is 11.5 Å². The average molecular weight is 534 g/mol. The average Bonchev–Trinajstić information content (AvgIpc) is 3.45. The Labute approximate surface area is 221 Å². The molecule has 8 nitrogen and oxygen atoms in total. The Kier molecular flexibility index (Phi) is 8.37. The molecular weight excluding hydrogens is 493 g/mol. The Morgan fingerprint density at radius 1 is 0.919 bits per heavy atom. The molecule has 2 bridgehead atoms. The number of methoxy groups -OCH3 is 2. The number of carbonyl (C=O) groups excluding carboxylic acids is 3. The van der Waals surface area contributed by atoms with Crippen molar-refractivity contribution in [3.63, 3.8) is 0 Å². The minimum absolute atomic E-state index is 0.0587. The lowest BCUT2D eigenvalue weighted by Gasteiger charge is -2.31. The predicted octanol–water partition coefficient (Wildman–Crippen LogP) is 3.79. The number of esters is 2. The van der Waals surface area contributed by atoms with Crippen LogP contribution in [0.4, 0.5) is 0 Å². The fourth-order valence-electron chi connectivity index (χ4n) is 6.21. The second-order valence-corrected chi connectivity index (χ2v) is 12.2. The Morgan fingerprint density at radius 2 is 1.59 bits per heavy atom. The molecule has 1 aromatic rings. The van der Waals surface area contributed by atoms with Gasteiger partial charge in [0.05, 0.1) is 37.7 Å². The number of rotatable bonds is 7. The van der Waals surface area contributed by atoms with Crippen molar-refractivity contribution in [1.82, 2.24) is 5.32 Å². The summed E-state index contributed by atoms with van der Waals surface area (Å²) in [5.74, 6) is 0.464. The highest BCUT2D eigenvalue weighted by molar-refractivity contribution is 7.27. The summed E-state index contributed by atoms with van der Waals surface area (Å²) in [7, 11) is 5.58. The van der Waals surface area contributed by atoms with Crippen LogP contribution in [-0.4, -0.2) is 49.8 Å². The third-order valence-electron chi connectivity index (χ3n) is 7.97. The summed E-state index contributed by atoms with van der Waals surface area (Å²) in [6, 6.07) is 3.25. The van der Waals surface area contributed by atoms with Gasteiger partial charge in [0.25, 0.3) is 5.91 Å². The molecular formula is C28H40NO7P. The van der Waals surface area contributed by atoms with Gasteiger partial charge >= 0.3 is 11.9 Å². The van der Waals surface area contributed by atoms with Gasteiger partial charge in [-0.3, -0.25) is 14.4 Å². The molecule has 0 aliphatic heterocycles. The second-order valence-electron chi connectivity index (χ2n) is 11.6. The summed E-state index contributed by atoms with van der Waals surface area (Å²) in [4.78, 5) is 38.3. The SMILES string of the molecule is COC(=O)[C@H]1[C@@H]2CC[C@@H](C2)[C@H]1NC(=O)c1cc(OC2CCC(C(=O)OC(C)(C)C)CC2)c(P)cc1OC. The molecule has 4 rings (SSSR count). The van der Waals surface area contributed by atoms with E-state index in [-0.39, 0.29) is 53.7 Å². The fourth-order valence-corrected chi connectivity index (χ4v) is 6.51. The van der Waals surface area contributed by atoms with Crippen molar-refractivity contribution in [2.45, 2.75) is 83.5 Å². The first-order chi connectivity index (χ1) is 17.5. The largest absolute Gasteiger partial charge is 0.496 e. The van der Waals surface area contributed by atoms with Crippen LogP contribution in [0.2, 0.25) is 0 Å². The number of hydrogen-bond donors (Lipinski definition) is 1. The fraction of sp³-hybridized carbons (Fsp3) is 0.679. The van der Waals surface area contributed by atoms with Crippen LogP contribution < -0.4 is 20.1 Å². The van der Waals surface area contributed by atoms with Crippen LogP contribution in [0.25, 0.3) is 0 Å². The molecule has 1 N–H and O–H groups in total. The van der Waals surface area contributed by atoms with Gasteiger partial charge in [-0.05, 0) is 89.7 Å². The van der Waals surface area contributed by atoms with E-state index >= 15 is 0 Å². The molecule has 3 aliphatic rings. The molecule has 0 heterocycles. The lowest BCUT2D eigenvalue weighted by molar-refractivity contribution is -0.161. The van der Waals surface area contributed by atoms with Crippen molar-refractivity contribution in [2.24, 2.45) is 23.7 Å². The Balaban J connectivity index is 1.44. The molecule has 3 aliphatic carbocycles. The first-order valence-electron chi connectivity index (χ1n) is 13.3. The van der Waals surface area contributed by atoms with Crippen molar-refractivity contribution in [3.05, 3.63) is 17.7 Å². The number of nitrogens with one attached hydrogen (secondary N) is 1. The molecule has 3 fully saturated rings. The summed E-state index contributed by atoms with van der Waals surface area (Å²) >= 11 is 0. The van der Waals surface area contributed by atoms with E-state index in [1.807, 2.05) is 20.8 Å². The van der Waals surface area contributed by atoms with Gasteiger partial charge < -0.3 is 24.3 Å². The van der Waals surface area contributed by atoms with E-state index in [2.05, 4.69) is 14.6 Å². The molecule has 9 heteroatoms. The van der Waals surface area contributed by atoms with E-state index in [1.54, 1.807) is 12.1 Å². The first kappa shape index (κ1) is 27.7. The second kappa shape index (κ2) is 11.2. The number of fused-ring (bicyclic) bond motifs is 2. The standard InChI is InChI=1S/C28H40NO7P/c1-28(2,3)36-26(31)15-8-10-18(11-9-15)35-21-13-19(20(33-4)14-22(21)37)25(30)29-24-17-7-6-16(12-17)23(24)27(32)34-5/h13-18,23-24H,6-12,37H2,1-5H3,(H,29,30)/t15?,16-,17+,18?,23+,24-/m1/s1. The molecule has 37 heavy (non-hydrogen) atoms. The molecule has 3 saturated carbocycles. The quantitative estimate of drug-likeness (QED) is 0.421. The number of ether oxygens (including phenoxy) is 4. The highest BCUT2D eigenvalue weighted by Crippen LogP contribution is 2.49. The third-order valence-corrected chi connectivity index (χ3v) is 8.42. The van der Waals surface area contributed by atoms with Crippen LogP contribution >= 0.6 is 9.24 Å². The maximum atomic E-state index is 13.4. The number of amides is 1. The van der Waals surface area contributed by atoms with Crippen LogP contribution in [-0.2, 0) is 19.1 Å². The molecule has 1 unspecified atom stereocenters. The molecule has 204 valence electrons. The van der Waals surface area contributed by atoms with Gasteiger partial charge in [-0.15, -0.1) is 9.24 Å². The van der Waals surface area contributed by atoms with Gasteiger partial charge in [0.2, 0.25) is 0 Å². The van der Waals surface area contributed by atoms with Crippen LogP contribution in [0.5, 0.6) is 11.5 Å². The minimum atomic E-state index is -0.492. The molecule has 0 saturated heterocycles. The maximum absolute atomic E-state index is 13.4. The highest BCUT2D eigenvalue weighted by atomic mass is 31.0. The van der Waals surface area contributed by atoms with E-state index < -0.39 is 5.60 Å². The van der Waals surface area contributed by atoms with Crippen LogP contribution in [0.15, 0.2) is 12.1 Å². The summed E-state index contributed by atoms with van der Waals surface area (Å²) < 4.78 is 22.4. The monoisotopic (exact) mass is 533 g/mol. The van der Waals surface area contributed by atoms with Crippen LogP contribution in [0.3, 0.4) is 0 Å². The lowest BCUT2D eigenvalue weighted by Crippen LogP contribution is -2.47. The Bertz CT molecular complexity index is 1030. The summed E-state index contributed by atoms with van der Waals surface area (Å²) in [5, 5.41) is 3.91. The molecule has 0 radical (unpaired) electrons. The van der Waals surface area contributed by atoms with Gasteiger partial charge in [-0.2, -0.15) is 0 Å².